The summed E-state index contributed by atoms with van der Waals surface area (Å²) < 4.78 is 2.07. The number of nitrogens with one attached hydrogen (secondary N) is 2. The van der Waals surface area contributed by atoms with Crippen molar-refractivity contribution in [1.29, 1.82) is 0 Å². The van der Waals surface area contributed by atoms with Gasteiger partial charge in [0.1, 0.15) is 5.52 Å². The summed E-state index contributed by atoms with van der Waals surface area (Å²) in [7, 11) is 0. The Hall–Kier alpha value is -3.25. The van der Waals surface area contributed by atoms with E-state index in [0.717, 1.165) is 53.4 Å². The maximum atomic E-state index is 12.7. The van der Waals surface area contributed by atoms with Crippen molar-refractivity contribution in [3.8, 4) is 0 Å². The zero-order chi connectivity index (χ0) is 20.5. The molecule has 0 saturated carbocycles. The van der Waals surface area contributed by atoms with E-state index in [2.05, 4.69) is 57.6 Å². The molecule has 1 aromatic heterocycles. The predicted octanol–water partition coefficient (Wildman–Crippen LogP) is 2.75. The molecule has 30 heavy (non-hydrogen) atoms. The Labute approximate surface area is 175 Å². The van der Waals surface area contributed by atoms with Gasteiger partial charge in [-0.15, -0.1) is 5.10 Å². The number of nitrogens with zero attached hydrogens (tertiary/aromatic N) is 3. The number of aromatic nitrogens is 3. The zero-order valence-electron chi connectivity index (χ0n) is 17.1. The van der Waals surface area contributed by atoms with Crippen LogP contribution in [0.5, 0.6) is 0 Å². The van der Waals surface area contributed by atoms with Crippen LogP contribution in [-0.4, -0.2) is 40.5 Å². The third-order valence-electron chi connectivity index (χ3n) is 6.11. The van der Waals surface area contributed by atoms with E-state index in [1.165, 1.54) is 10.5 Å². The van der Waals surface area contributed by atoms with Crippen molar-refractivity contribution in [3.05, 3.63) is 66.2 Å². The number of anilines is 1. The fourth-order valence-electron chi connectivity index (χ4n) is 4.51. The molecule has 1 amide bonds. The number of carbonyl (C=O) groups is 1. The fourth-order valence-corrected chi connectivity index (χ4v) is 4.51. The van der Waals surface area contributed by atoms with E-state index in [4.69, 9.17) is 0 Å². The number of rotatable bonds is 4. The van der Waals surface area contributed by atoms with Crippen molar-refractivity contribution in [2.75, 3.05) is 25.0 Å². The van der Waals surface area contributed by atoms with Gasteiger partial charge in [-0.05, 0) is 36.1 Å². The Morgan fingerprint density at radius 2 is 1.90 bits per heavy atom. The van der Waals surface area contributed by atoms with Crippen LogP contribution in [0, 0.1) is 6.92 Å². The maximum Gasteiger partial charge on any atom is 0.279 e. The molecule has 4 aromatic rings. The molecular weight excluding hydrogens is 374 g/mol. The van der Waals surface area contributed by atoms with Gasteiger partial charge in [0.2, 0.25) is 0 Å². The molecule has 0 spiro atoms. The molecule has 3 aromatic carbocycles. The first-order valence-corrected chi connectivity index (χ1v) is 10.6. The summed E-state index contributed by atoms with van der Waals surface area (Å²) in [5.41, 5.74) is 4.14. The number of piperidine rings is 1. The minimum Gasteiger partial charge on any atom is -0.327 e. The monoisotopic (exact) mass is 400 g/mol. The van der Waals surface area contributed by atoms with Crippen LogP contribution in [0.4, 0.5) is 5.69 Å². The smallest absolute Gasteiger partial charge is 0.279 e. The molecule has 6 heteroatoms. The fraction of sp³-hybridized carbons (Fsp3) is 0.292. The van der Waals surface area contributed by atoms with Crippen LogP contribution in [-0.2, 0) is 4.79 Å². The van der Waals surface area contributed by atoms with Crippen molar-refractivity contribution in [3.63, 3.8) is 0 Å². The summed E-state index contributed by atoms with van der Waals surface area (Å²) in [6, 6.07) is 20.8. The van der Waals surface area contributed by atoms with Crippen LogP contribution in [0.1, 0.15) is 24.4 Å². The van der Waals surface area contributed by atoms with Crippen molar-refractivity contribution >= 4 is 33.4 Å². The normalized spacial score (nSPS) is 19.2. The summed E-state index contributed by atoms with van der Waals surface area (Å²) in [6.07, 6.45) is 2.01. The summed E-state index contributed by atoms with van der Waals surface area (Å²) in [5.74, 6) is 0.0708. The van der Waals surface area contributed by atoms with Gasteiger partial charge in [0, 0.05) is 23.9 Å². The van der Waals surface area contributed by atoms with Gasteiger partial charge in [-0.2, -0.15) is 0 Å². The number of benzene rings is 3. The maximum absolute atomic E-state index is 12.7. The minimum atomic E-state index is 0.0708. The van der Waals surface area contributed by atoms with Crippen LogP contribution in [0.3, 0.4) is 0 Å². The topological polar surface area (TPSA) is 64.2 Å². The van der Waals surface area contributed by atoms with Crippen molar-refractivity contribution in [2.24, 2.45) is 0 Å². The Balaban J connectivity index is 1.21. The molecule has 152 valence electrons. The molecule has 2 heterocycles. The highest BCUT2D eigenvalue weighted by Crippen LogP contribution is 2.23. The first-order valence-electron chi connectivity index (χ1n) is 10.6. The molecule has 0 bridgehead atoms. The standard InChI is InChI=1S/C24H25N5O/c1-17-9-10-23-22(15-17)26-27-29(23)19-11-13-28(14-12-19)16-24(30)25-21-8-4-6-18-5-2-3-7-20(18)21/h2-10,15,19H,11-14,16H2,1H3,(H,25,30)/p+1. The Morgan fingerprint density at radius 3 is 2.77 bits per heavy atom. The number of fused-ring (bicyclic) bond motifs is 2. The van der Waals surface area contributed by atoms with Crippen molar-refractivity contribution in [1.82, 2.24) is 15.0 Å². The number of likely N-dealkylation sites (tertiary alicyclic amines) is 1. The van der Waals surface area contributed by atoms with E-state index in [0.29, 0.717) is 12.6 Å². The lowest BCUT2D eigenvalue weighted by Crippen LogP contribution is -3.14. The Morgan fingerprint density at radius 1 is 1.10 bits per heavy atom. The predicted molar refractivity (Wildman–Crippen MR) is 119 cm³/mol. The van der Waals surface area contributed by atoms with Gasteiger partial charge in [0.25, 0.3) is 5.91 Å². The quantitative estimate of drug-likeness (QED) is 0.554. The van der Waals surface area contributed by atoms with E-state index in [1.54, 1.807) is 0 Å². The second-order valence-corrected chi connectivity index (χ2v) is 8.26. The minimum absolute atomic E-state index is 0.0708. The van der Waals surface area contributed by atoms with Gasteiger partial charge in [-0.3, -0.25) is 4.79 Å². The number of carbonyl (C=O) groups excluding carboxylic acids is 1. The SMILES string of the molecule is Cc1ccc2c(c1)nnn2C1CC[NH+](CC(=O)Nc2cccc3ccccc23)CC1. The van der Waals surface area contributed by atoms with Crippen molar-refractivity contribution in [2.45, 2.75) is 25.8 Å². The van der Waals surface area contributed by atoms with Crippen LogP contribution in [0.15, 0.2) is 60.7 Å². The summed E-state index contributed by atoms with van der Waals surface area (Å²) in [6.45, 7) is 4.48. The molecule has 6 nitrogen and oxygen atoms in total. The molecular formula is C24H26N5O+. The van der Waals surface area contributed by atoms with E-state index in [-0.39, 0.29) is 5.91 Å². The molecule has 0 radical (unpaired) electrons. The first kappa shape index (κ1) is 18.8. The average Bonchev–Trinajstić information content (AvgIpc) is 3.17. The number of quaternary nitrogens is 1. The molecule has 0 unspecified atom stereocenters. The number of hydrogen-bond acceptors (Lipinski definition) is 3. The zero-order valence-corrected chi connectivity index (χ0v) is 17.1. The lowest BCUT2D eigenvalue weighted by Gasteiger charge is -2.29. The van der Waals surface area contributed by atoms with Gasteiger partial charge in [0.15, 0.2) is 6.54 Å². The molecule has 1 aliphatic rings. The Kier molecular flexibility index (Phi) is 4.93. The molecule has 1 fully saturated rings. The number of hydrogen-bond donors (Lipinski definition) is 2. The lowest BCUT2D eigenvalue weighted by molar-refractivity contribution is -0.897. The number of amides is 1. The van der Waals surface area contributed by atoms with E-state index in [1.807, 2.05) is 30.3 Å². The van der Waals surface area contributed by atoms with Gasteiger partial charge < -0.3 is 10.2 Å². The molecule has 0 aliphatic carbocycles. The third-order valence-corrected chi connectivity index (χ3v) is 6.11. The van der Waals surface area contributed by atoms with Gasteiger partial charge in [-0.25, -0.2) is 4.68 Å². The van der Waals surface area contributed by atoms with Crippen LogP contribution < -0.4 is 10.2 Å². The second-order valence-electron chi connectivity index (χ2n) is 8.26. The first-order chi connectivity index (χ1) is 14.7. The molecule has 1 aliphatic heterocycles. The van der Waals surface area contributed by atoms with E-state index >= 15 is 0 Å². The summed E-state index contributed by atoms with van der Waals surface area (Å²) in [4.78, 5) is 14.0. The third kappa shape index (κ3) is 3.66. The van der Waals surface area contributed by atoms with Gasteiger partial charge >= 0.3 is 0 Å². The summed E-state index contributed by atoms with van der Waals surface area (Å²) >= 11 is 0. The molecule has 5 rings (SSSR count). The second kappa shape index (κ2) is 7.88. The average molecular weight is 401 g/mol. The van der Waals surface area contributed by atoms with Gasteiger partial charge in [0.05, 0.1) is 24.6 Å². The highest BCUT2D eigenvalue weighted by atomic mass is 16.2. The van der Waals surface area contributed by atoms with Crippen molar-refractivity contribution < 1.29 is 9.69 Å². The summed E-state index contributed by atoms with van der Waals surface area (Å²) in [5, 5.41) is 14.1. The van der Waals surface area contributed by atoms with Crippen LogP contribution >= 0.6 is 0 Å². The largest absolute Gasteiger partial charge is 0.327 e. The van der Waals surface area contributed by atoms with Crippen LogP contribution in [0.25, 0.3) is 21.8 Å². The van der Waals surface area contributed by atoms with E-state index in [9.17, 15) is 4.79 Å². The van der Waals surface area contributed by atoms with E-state index < -0.39 is 0 Å². The number of aryl methyl sites for hydroxylation is 1. The van der Waals surface area contributed by atoms with Crippen LogP contribution in [0.2, 0.25) is 0 Å². The lowest BCUT2D eigenvalue weighted by atomic mass is 10.0. The molecule has 2 N–H and O–H groups in total. The molecule has 1 saturated heterocycles. The highest BCUT2D eigenvalue weighted by Gasteiger charge is 2.27. The van der Waals surface area contributed by atoms with Gasteiger partial charge in [-0.1, -0.05) is 47.7 Å². The highest BCUT2D eigenvalue weighted by molar-refractivity contribution is 6.02. The molecule has 0 atom stereocenters. The Bertz CT molecular complexity index is 1200.